The van der Waals surface area contributed by atoms with Gasteiger partial charge in [-0.2, -0.15) is 16.8 Å². The van der Waals surface area contributed by atoms with Gasteiger partial charge < -0.3 is 11.5 Å². The van der Waals surface area contributed by atoms with Crippen molar-refractivity contribution in [1.29, 1.82) is 0 Å². The molecule has 2 rings (SSSR count). The Balaban J connectivity index is 0.00000220. The van der Waals surface area contributed by atoms with Crippen LogP contribution in [0.15, 0.2) is 34.1 Å². The quantitative estimate of drug-likeness (QED) is 0.336. The maximum absolute atomic E-state index is 11.3. The first kappa shape index (κ1) is 17.7. The smallest absolute Gasteiger partial charge is 0.295 e. The van der Waals surface area contributed by atoms with E-state index in [0.29, 0.717) is 6.07 Å². The summed E-state index contributed by atoms with van der Waals surface area (Å²) >= 11 is 0. The average Bonchev–Trinajstić information content (AvgIpc) is 2.30. The molecule has 0 bridgehead atoms. The van der Waals surface area contributed by atoms with E-state index >= 15 is 0 Å². The van der Waals surface area contributed by atoms with Crippen molar-refractivity contribution < 1.29 is 43.0 Å². The number of anilines is 2. The van der Waals surface area contributed by atoms with Crippen LogP contribution < -0.4 is 11.5 Å². The van der Waals surface area contributed by atoms with E-state index in [1.807, 2.05) is 0 Å². The third-order valence-electron chi connectivity index (χ3n) is 2.72. The fourth-order valence-corrected chi connectivity index (χ4v) is 3.12. The number of benzene rings is 2. The van der Waals surface area contributed by atoms with E-state index in [-0.39, 0.29) is 39.2 Å². The largest absolute Gasteiger partial charge is 0.397 e. The van der Waals surface area contributed by atoms with Gasteiger partial charge in [0.15, 0.2) is 0 Å². The number of fused-ring (bicyclic) bond motifs is 1. The van der Waals surface area contributed by atoms with Gasteiger partial charge in [0, 0.05) is 27.8 Å². The van der Waals surface area contributed by atoms with Crippen molar-refractivity contribution in [2.75, 3.05) is 11.5 Å². The van der Waals surface area contributed by atoms with Crippen molar-refractivity contribution in [1.82, 2.24) is 0 Å². The number of hydrogen-bond donors (Lipinski definition) is 4. The van der Waals surface area contributed by atoms with Gasteiger partial charge >= 0.3 is 0 Å². The van der Waals surface area contributed by atoms with Crippen LogP contribution in [-0.4, -0.2) is 25.9 Å². The number of rotatable bonds is 2. The van der Waals surface area contributed by atoms with Crippen LogP contribution in [0.3, 0.4) is 0 Å². The van der Waals surface area contributed by atoms with E-state index in [1.54, 1.807) is 0 Å². The molecule has 0 aliphatic heterocycles. The van der Waals surface area contributed by atoms with Crippen molar-refractivity contribution in [2.45, 2.75) is 9.79 Å². The van der Waals surface area contributed by atoms with Crippen LogP contribution in [0.1, 0.15) is 0 Å². The molecule has 0 aliphatic carbocycles. The zero-order valence-corrected chi connectivity index (χ0v) is 12.9. The summed E-state index contributed by atoms with van der Waals surface area (Å²) in [5.41, 5.74) is 11.3. The molecule has 0 aromatic heterocycles. The second kappa shape index (κ2) is 5.44. The Labute approximate surface area is 131 Å². The molecular formula is C10H10FeN2O6S2. The topological polar surface area (TPSA) is 161 Å². The minimum Gasteiger partial charge on any atom is -0.397 e. The molecule has 116 valence electrons. The molecule has 0 saturated heterocycles. The summed E-state index contributed by atoms with van der Waals surface area (Å²) in [6.45, 7) is 0. The van der Waals surface area contributed by atoms with Crippen LogP contribution in [0.2, 0.25) is 0 Å². The minimum absolute atomic E-state index is 0. The van der Waals surface area contributed by atoms with Gasteiger partial charge in [0.05, 0.1) is 16.3 Å². The van der Waals surface area contributed by atoms with Gasteiger partial charge in [0.1, 0.15) is 4.90 Å². The van der Waals surface area contributed by atoms with Gasteiger partial charge in [-0.05, 0) is 18.2 Å². The first-order valence-electron chi connectivity index (χ1n) is 5.08. The van der Waals surface area contributed by atoms with E-state index in [1.165, 1.54) is 12.1 Å². The monoisotopic (exact) mass is 374 g/mol. The normalized spacial score (nSPS) is 12.1. The van der Waals surface area contributed by atoms with E-state index in [4.69, 9.17) is 20.6 Å². The predicted octanol–water partition coefficient (Wildman–Crippen LogP) is 0.495. The molecule has 2 aromatic carbocycles. The van der Waals surface area contributed by atoms with Gasteiger partial charge in [-0.15, -0.1) is 0 Å². The Morgan fingerprint density at radius 3 is 1.90 bits per heavy atom. The van der Waals surface area contributed by atoms with Crippen molar-refractivity contribution in [2.24, 2.45) is 0 Å². The summed E-state index contributed by atoms with van der Waals surface area (Å²) in [4.78, 5) is -1.40. The van der Waals surface area contributed by atoms with Crippen LogP contribution in [0.5, 0.6) is 0 Å². The molecule has 11 heteroatoms. The number of nitrogens with two attached hydrogens (primary N) is 2. The Hall–Kier alpha value is -1.36. The molecule has 0 fully saturated rings. The third-order valence-corrected chi connectivity index (χ3v) is 4.45. The summed E-state index contributed by atoms with van der Waals surface area (Å²) < 4.78 is 63.2. The molecule has 8 nitrogen and oxygen atoms in total. The van der Waals surface area contributed by atoms with E-state index in [9.17, 15) is 16.8 Å². The molecule has 21 heavy (non-hydrogen) atoms. The summed E-state index contributed by atoms with van der Waals surface area (Å²) in [5, 5.41) is -0.0145. The Morgan fingerprint density at radius 2 is 1.43 bits per heavy atom. The maximum Gasteiger partial charge on any atom is 0.295 e. The summed E-state index contributed by atoms with van der Waals surface area (Å²) in [7, 11) is -9.39. The second-order valence-corrected chi connectivity index (χ2v) is 6.85. The molecule has 0 radical (unpaired) electrons. The van der Waals surface area contributed by atoms with Crippen LogP contribution in [0, 0.1) is 0 Å². The van der Waals surface area contributed by atoms with Crippen molar-refractivity contribution >= 4 is 42.4 Å². The first-order valence-corrected chi connectivity index (χ1v) is 7.96. The molecule has 6 N–H and O–H groups in total. The van der Waals surface area contributed by atoms with Crippen LogP contribution in [0.4, 0.5) is 11.4 Å². The van der Waals surface area contributed by atoms with E-state index in [2.05, 4.69) is 0 Å². The second-order valence-electron chi connectivity index (χ2n) is 4.04. The molecule has 2 aromatic rings. The van der Waals surface area contributed by atoms with Crippen molar-refractivity contribution in [3.8, 4) is 0 Å². The zero-order valence-electron chi connectivity index (χ0n) is 10.2. The molecular weight excluding hydrogens is 364 g/mol. The third kappa shape index (κ3) is 3.28. The minimum atomic E-state index is -4.71. The van der Waals surface area contributed by atoms with Crippen LogP contribution >= 0.6 is 0 Å². The Bertz CT molecular complexity index is 924. The van der Waals surface area contributed by atoms with Crippen LogP contribution in [0.25, 0.3) is 10.8 Å². The van der Waals surface area contributed by atoms with E-state index < -0.39 is 30.0 Å². The van der Waals surface area contributed by atoms with Gasteiger partial charge in [0.25, 0.3) is 20.2 Å². The van der Waals surface area contributed by atoms with Gasteiger partial charge in [-0.3, -0.25) is 9.11 Å². The Morgan fingerprint density at radius 1 is 0.857 bits per heavy atom. The van der Waals surface area contributed by atoms with Crippen LogP contribution in [-0.2, 0) is 37.3 Å². The fourth-order valence-electron chi connectivity index (χ4n) is 1.78. The van der Waals surface area contributed by atoms with Gasteiger partial charge in [0.2, 0.25) is 0 Å². The predicted molar refractivity (Wildman–Crippen MR) is 72.4 cm³/mol. The fraction of sp³-hybridized carbons (Fsp3) is 0. The van der Waals surface area contributed by atoms with Crippen molar-refractivity contribution in [3.05, 3.63) is 24.3 Å². The Kier molecular flexibility index (Phi) is 4.59. The molecule has 0 aliphatic rings. The molecule has 0 unspecified atom stereocenters. The summed E-state index contributed by atoms with van der Waals surface area (Å²) in [5.74, 6) is 0. The molecule has 0 saturated carbocycles. The average molecular weight is 374 g/mol. The van der Waals surface area contributed by atoms with Gasteiger partial charge in [-0.25, -0.2) is 0 Å². The number of hydrogen-bond acceptors (Lipinski definition) is 6. The molecule has 0 heterocycles. The molecule has 0 amide bonds. The standard InChI is InChI=1S/C10H10N2O6S2.Fe/c11-8-2-1-6-7(10(8)12)3-5(19(13,14)15)4-9(6)20(16,17)18;/h1-4H,11-12H2,(H,13,14,15)(H,16,17,18);. The van der Waals surface area contributed by atoms with Gasteiger partial charge in [-0.1, -0.05) is 6.07 Å². The SMILES string of the molecule is Nc1ccc2c(S(=O)(=O)O)cc(S(=O)(=O)O)cc2c1N.[Fe]. The first-order chi connectivity index (χ1) is 9.01. The molecule has 0 atom stereocenters. The molecule has 0 spiro atoms. The van der Waals surface area contributed by atoms with E-state index in [0.717, 1.165) is 6.07 Å². The number of nitrogen functional groups attached to an aromatic ring is 2. The maximum atomic E-state index is 11.3. The summed E-state index contributed by atoms with van der Waals surface area (Å²) in [6.07, 6.45) is 0. The van der Waals surface area contributed by atoms with Crippen molar-refractivity contribution in [3.63, 3.8) is 0 Å². The summed E-state index contributed by atoms with van der Waals surface area (Å²) in [6, 6.07) is 4.21. The zero-order chi connectivity index (χ0) is 15.3.